The quantitative estimate of drug-likeness (QED) is 0.707. The predicted molar refractivity (Wildman–Crippen MR) is 64.0 cm³/mol. The van der Waals surface area contributed by atoms with Crippen LogP contribution in [0.4, 0.5) is 0 Å². The molecular formula is C12H26N2O. The maximum atomic E-state index is 5.92. The van der Waals surface area contributed by atoms with Crippen molar-refractivity contribution >= 4 is 0 Å². The van der Waals surface area contributed by atoms with Crippen LogP contribution in [0.2, 0.25) is 0 Å². The van der Waals surface area contributed by atoms with Gasteiger partial charge in [0.05, 0.1) is 6.10 Å². The van der Waals surface area contributed by atoms with Gasteiger partial charge in [0.15, 0.2) is 0 Å². The van der Waals surface area contributed by atoms with Crippen molar-refractivity contribution < 1.29 is 4.74 Å². The third-order valence-electron chi connectivity index (χ3n) is 3.30. The van der Waals surface area contributed by atoms with Crippen LogP contribution in [0.25, 0.3) is 0 Å². The summed E-state index contributed by atoms with van der Waals surface area (Å²) in [4.78, 5) is 0. The first-order chi connectivity index (χ1) is 7.26. The van der Waals surface area contributed by atoms with Crippen LogP contribution in [-0.2, 0) is 4.74 Å². The lowest BCUT2D eigenvalue weighted by Gasteiger charge is -2.41. The molecule has 0 amide bonds. The summed E-state index contributed by atoms with van der Waals surface area (Å²) in [6.45, 7) is 7.06. The summed E-state index contributed by atoms with van der Waals surface area (Å²) in [5, 5.41) is 3.62. The van der Waals surface area contributed by atoms with Crippen LogP contribution in [0.5, 0.6) is 0 Å². The topological polar surface area (TPSA) is 47.3 Å². The van der Waals surface area contributed by atoms with Crippen molar-refractivity contribution in [3.8, 4) is 0 Å². The molecule has 0 bridgehead atoms. The van der Waals surface area contributed by atoms with Crippen LogP contribution >= 0.6 is 0 Å². The number of nitrogens with one attached hydrogen (secondary N) is 1. The zero-order chi connectivity index (χ0) is 11.1. The van der Waals surface area contributed by atoms with Crippen LogP contribution in [0.1, 0.15) is 46.0 Å². The molecule has 0 aromatic carbocycles. The third-order valence-corrected chi connectivity index (χ3v) is 3.30. The number of hydrogen-bond acceptors (Lipinski definition) is 3. The fourth-order valence-corrected chi connectivity index (χ4v) is 2.33. The Bertz CT molecular complexity index is 173. The van der Waals surface area contributed by atoms with Gasteiger partial charge >= 0.3 is 0 Å². The van der Waals surface area contributed by atoms with Gasteiger partial charge in [0.2, 0.25) is 0 Å². The van der Waals surface area contributed by atoms with E-state index in [4.69, 9.17) is 10.5 Å². The Morgan fingerprint density at radius 2 is 2.20 bits per heavy atom. The summed E-state index contributed by atoms with van der Waals surface area (Å²) in [7, 11) is 0. The second kappa shape index (κ2) is 6.46. The van der Waals surface area contributed by atoms with E-state index >= 15 is 0 Å². The van der Waals surface area contributed by atoms with Gasteiger partial charge in [-0.1, -0.05) is 20.3 Å². The molecule has 3 nitrogen and oxygen atoms in total. The molecule has 15 heavy (non-hydrogen) atoms. The standard InChI is InChI=1S/C12H26N2O/c1-3-5-11-9-12(10-13,6-8-15-11)14-7-4-2/h11,14H,3-10,13H2,1-2H3. The minimum atomic E-state index is 0.147. The van der Waals surface area contributed by atoms with Gasteiger partial charge in [-0.2, -0.15) is 0 Å². The van der Waals surface area contributed by atoms with Crippen molar-refractivity contribution in [2.45, 2.75) is 57.6 Å². The molecule has 1 rings (SSSR count). The van der Waals surface area contributed by atoms with Crippen molar-refractivity contribution in [1.29, 1.82) is 0 Å². The lowest BCUT2D eigenvalue weighted by atomic mass is 9.85. The smallest absolute Gasteiger partial charge is 0.0593 e. The molecule has 1 aliphatic heterocycles. The Hall–Kier alpha value is -0.120. The van der Waals surface area contributed by atoms with Crippen molar-refractivity contribution in [3.63, 3.8) is 0 Å². The molecule has 0 radical (unpaired) electrons. The van der Waals surface area contributed by atoms with Crippen molar-refractivity contribution in [2.75, 3.05) is 19.7 Å². The number of rotatable bonds is 6. The van der Waals surface area contributed by atoms with Gasteiger partial charge in [0.25, 0.3) is 0 Å². The SMILES string of the molecule is CCCNC1(CN)CCOC(CCC)C1. The molecule has 1 fully saturated rings. The van der Waals surface area contributed by atoms with E-state index in [1.807, 2.05) is 0 Å². The minimum Gasteiger partial charge on any atom is -0.378 e. The van der Waals surface area contributed by atoms with E-state index in [9.17, 15) is 0 Å². The monoisotopic (exact) mass is 214 g/mol. The lowest BCUT2D eigenvalue weighted by molar-refractivity contribution is -0.0304. The first-order valence-electron chi connectivity index (χ1n) is 6.33. The number of hydrogen-bond donors (Lipinski definition) is 2. The highest BCUT2D eigenvalue weighted by Gasteiger charge is 2.34. The second-order valence-electron chi connectivity index (χ2n) is 4.65. The second-order valence-corrected chi connectivity index (χ2v) is 4.65. The molecule has 0 spiro atoms. The van der Waals surface area contributed by atoms with Crippen LogP contribution in [0.3, 0.4) is 0 Å². The highest BCUT2D eigenvalue weighted by Crippen LogP contribution is 2.26. The maximum absolute atomic E-state index is 5.92. The van der Waals surface area contributed by atoms with Gasteiger partial charge in [-0.05, 0) is 32.2 Å². The molecule has 1 heterocycles. The Kier molecular flexibility index (Phi) is 5.58. The largest absolute Gasteiger partial charge is 0.378 e. The van der Waals surface area contributed by atoms with Gasteiger partial charge in [0.1, 0.15) is 0 Å². The summed E-state index contributed by atoms with van der Waals surface area (Å²) in [6, 6.07) is 0. The first-order valence-corrected chi connectivity index (χ1v) is 6.33. The third kappa shape index (κ3) is 3.74. The molecule has 0 aromatic heterocycles. The normalized spacial score (nSPS) is 31.8. The van der Waals surface area contributed by atoms with E-state index in [-0.39, 0.29) is 5.54 Å². The zero-order valence-electron chi connectivity index (χ0n) is 10.2. The van der Waals surface area contributed by atoms with E-state index in [2.05, 4.69) is 19.2 Å². The predicted octanol–water partition coefficient (Wildman–Crippen LogP) is 1.66. The summed E-state index contributed by atoms with van der Waals surface area (Å²) in [5.41, 5.74) is 6.07. The molecule has 3 heteroatoms. The molecular weight excluding hydrogens is 188 g/mol. The molecule has 1 aliphatic rings. The fraction of sp³-hybridized carbons (Fsp3) is 1.00. The molecule has 1 saturated heterocycles. The Morgan fingerprint density at radius 1 is 1.40 bits per heavy atom. The van der Waals surface area contributed by atoms with E-state index < -0.39 is 0 Å². The fourth-order valence-electron chi connectivity index (χ4n) is 2.33. The van der Waals surface area contributed by atoms with Gasteiger partial charge in [0, 0.05) is 18.7 Å². The van der Waals surface area contributed by atoms with Gasteiger partial charge in [-0.3, -0.25) is 0 Å². The maximum Gasteiger partial charge on any atom is 0.0593 e. The van der Waals surface area contributed by atoms with Gasteiger partial charge < -0.3 is 15.8 Å². The average molecular weight is 214 g/mol. The van der Waals surface area contributed by atoms with E-state index in [0.29, 0.717) is 6.10 Å². The van der Waals surface area contributed by atoms with Crippen LogP contribution < -0.4 is 11.1 Å². The summed E-state index contributed by atoms with van der Waals surface area (Å²) >= 11 is 0. The van der Waals surface area contributed by atoms with Crippen molar-refractivity contribution in [2.24, 2.45) is 5.73 Å². The van der Waals surface area contributed by atoms with Gasteiger partial charge in [-0.25, -0.2) is 0 Å². The molecule has 90 valence electrons. The summed E-state index contributed by atoms with van der Waals surface area (Å²) in [5.74, 6) is 0. The first kappa shape index (κ1) is 12.9. The van der Waals surface area contributed by atoms with E-state index in [1.165, 1.54) is 12.8 Å². The van der Waals surface area contributed by atoms with Gasteiger partial charge in [-0.15, -0.1) is 0 Å². The van der Waals surface area contributed by atoms with Crippen molar-refractivity contribution in [1.82, 2.24) is 5.32 Å². The molecule has 2 atom stereocenters. The zero-order valence-corrected chi connectivity index (χ0v) is 10.2. The van der Waals surface area contributed by atoms with Crippen LogP contribution in [-0.4, -0.2) is 31.3 Å². The highest BCUT2D eigenvalue weighted by molar-refractivity contribution is 4.94. The van der Waals surface area contributed by atoms with E-state index in [0.717, 1.165) is 39.0 Å². The lowest BCUT2D eigenvalue weighted by Crippen LogP contribution is -2.56. The van der Waals surface area contributed by atoms with Crippen LogP contribution in [0, 0.1) is 0 Å². The molecule has 3 N–H and O–H groups in total. The minimum absolute atomic E-state index is 0.147. The van der Waals surface area contributed by atoms with Crippen LogP contribution in [0.15, 0.2) is 0 Å². The summed E-state index contributed by atoms with van der Waals surface area (Å²) < 4.78 is 5.76. The highest BCUT2D eigenvalue weighted by atomic mass is 16.5. The molecule has 2 unspecified atom stereocenters. The molecule has 0 aromatic rings. The Labute approximate surface area is 93.8 Å². The Morgan fingerprint density at radius 3 is 2.80 bits per heavy atom. The summed E-state index contributed by atoms with van der Waals surface area (Å²) in [6.07, 6.45) is 6.08. The average Bonchev–Trinajstić information content (AvgIpc) is 2.27. The number of ether oxygens (including phenoxy) is 1. The van der Waals surface area contributed by atoms with Crippen molar-refractivity contribution in [3.05, 3.63) is 0 Å². The van der Waals surface area contributed by atoms with E-state index in [1.54, 1.807) is 0 Å². The Balaban J connectivity index is 2.47. The molecule has 0 aliphatic carbocycles. The number of nitrogens with two attached hydrogens (primary N) is 1. The molecule has 0 saturated carbocycles.